The lowest BCUT2D eigenvalue weighted by atomic mass is 10.0. The minimum absolute atomic E-state index is 0.155. The largest absolute Gasteiger partial charge is 0.475 e. The second kappa shape index (κ2) is 10.1. The molecule has 2 aromatic heterocycles. The number of alkyl halides is 3. The molecule has 2 atom stereocenters. The first kappa shape index (κ1) is 25.7. The molecule has 0 saturated carbocycles. The summed E-state index contributed by atoms with van der Waals surface area (Å²) in [5, 5.41) is 21.3. The van der Waals surface area contributed by atoms with Gasteiger partial charge in [0.05, 0.1) is 29.6 Å². The van der Waals surface area contributed by atoms with Crippen molar-refractivity contribution in [3.05, 3.63) is 59.8 Å². The van der Waals surface area contributed by atoms with Crippen LogP contribution in [-0.2, 0) is 6.18 Å². The number of rotatable bonds is 6. The van der Waals surface area contributed by atoms with Crippen LogP contribution in [0.2, 0.25) is 0 Å². The highest BCUT2D eigenvalue weighted by Gasteiger charge is 2.41. The zero-order valence-corrected chi connectivity index (χ0v) is 20.4. The second-order valence-corrected chi connectivity index (χ2v) is 9.29. The molecule has 200 valence electrons. The number of aliphatic hydroxyl groups excluding tert-OH is 2. The molecule has 2 bridgehead atoms. The first-order valence-electron chi connectivity index (χ1n) is 12.1. The summed E-state index contributed by atoms with van der Waals surface area (Å²) in [6.07, 6.45) is -3.40. The Morgan fingerprint density at radius 1 is 1.26 bits per heavy atom. The molecule has 2 aliphatic heterocycles. The Balaban J connectivity index is 1.46. The molecule has 9 nitrogen and oxygen atoms in total. The van der Waals surface area contributed by atoms with Crippen molar-refractivity contribution in [3.63, 3.8) is 0 Å². The van der Waals surface area contributed by atoms with Gasteiger partial charge in [0.15, 0.2) is 5.82 Å². The lowest BCUT2D eigenvalue weighted by molar-refractivity contribution is -0.137. The monoisotopic (exact) mass is 529 g/mol. The smallest absolute Gasteiger partial charge is 0.416 e. The number of pyridine rings is 2. The fourth-order valence-electron chi connectivity index (χ4n) is 4.79. The summed E-state index contributed by atoms with van der Waals surface area (Å²) in [5.74, 6) is 0.544. The number of nitrogens with zero attached hydrogens (tertiary/aromatic N) is 4. The number of fused-ring (bicyclic) bond motifs is 4. The van der Waals surface area contributed by atoms with E-state index >= 15 is 0 Å². The Kier molecular flexibility index (Phi) is 6.84. The normalized spacial score (nSPS) is 17.3. The van der Waals surface area contributed by atoms with Crippen LogP contribution >= 0.6 is 0 Å². The lowest BCUT2D eigenvalue weighted by Gasteiger charge is -2.37. The van der Waals surface area contributed by atoms with Crippen molar-refractivity contribution < 1.29 is 32.9 Å². The Morgan fingerprint density at radius 2 is 2.08 bits per heavy atom. The number of aryl methyl sites for hydroxylation is 1. The molecular weight excluding hydrogens is 503 g/mol. The molecule has 0 spiro atoms. The number of anilines is 3. The quantitative estimate of drug-likeness (QED) is 0.445. The number of halogens is 3. The highest BCUT2D eigenvalue weighted by Crippen LogP contribution is 2.43. The number of carbonyl (C=O) groups is 1. The van der Waals surface area contributed by atoms with E-state index in [0.717, 1.165) is 29.9 Å². The molecule has 3 aromatic rings. The van der Waals surface area contributed by atoms with Gasteiger partial charge < -0.3 is 25.2 Å². The minimum atomic E-state index is -4.49. The maximum Gasteiger partial charge on any atom is 0.416 e. The number of nitrogens with one attached hydrogen (secondary N) is 1. The zero-order valence-electron chi connectivity index (χ0n) is 20.4. The maximum absolute atomic E-state index is 13.6. The number of aliphatic hydroxyl groups is 2. The van der Waals surface area contributed by atoms with Crippen LogP contribution < -0.4 is 19.9 Å². The number of aromatic nitrogens is 2. The fourth-order valence-corrected chi connectivity index (χ4v) is 4.79. The van der Waals surface area contributed by atoms with E-state index in [1.807, 2.05) is 6.92 Å². The van der Waals surface area contributed by atoms with E-state index in [4.69, 9.17) is 14.8 Å². The molecular formula is C26H26F3N5O4. The van der Waals surface area contributed by atoms with Crippen molar-refractivity contribution >= 4 is 23.2 Å². The summed E-state index contributed by atoms with van der Waals surface area (Å²) >= 11 is 0. The number of hydrogen-bond donors (Lipinski definition) is 3. The molecule has 1 fully saturated rings. The van der Waals surface area contributed by atoms with Crippen LogP contribution in [0.4, 0.5) is 35.2 Å². The first-order chi connectivity index (χ1) is 18.1. The number of amides is 2. The topological polar surface area (TPSA) is 111 Å². The van der Waals surface area contributed by atoms with Crippen molar-refractivity contribution in [2.45, 2.75) is 31.7 Å². The summed E-state index contributed by atoms with van der Waals surface area (Å²) in [5.41, 5.74) is 1.86. The molecule has 1 unspecified atom stereocenters. The average Bonchev–Trinajstić information content (AvgIpc) is 3.29. The van der Waals surface area contributed by atoms with Gasteiger partial charge in [-0.05, 0) is 43.2 Å². The van der Waals surface area contributed by atoms with E-state index in [1.165, 1.54) is 18.3 Å². The Labute approximate surface area is 216 Å². The molecule has 12 heteroatoms. The van der Waals surface area contributed by atoms with Crippen LogP contribution in [0.15, 0.2) is 48.7 Å². The molecule has 4 heterocycles. The van der Waals surface area contributed by atoms with E-state index in [-0.39, 0.29) is 18.5 Å². The SMILES string of the molecule is Cc1cc(-c2cccc(C(F)(F)F)c2)nc2c1N1CCC(C1)N2C(=O)Nc1ccnc(OC[C@@H](O)CO)c1. The van der Waals surface area contributed by atoms with Crippen LogP contribution in [-0.4, -0.2) is 64.7 Å². The van der Waals surface area contributed by atoms with Gasteiger partial charge in [-0.25, -0.2) is 14.8 Å². The zero-order chi connectivity index (χ0) is 27.0. The number of ether oxygens (including phenoxy) is 1. The van der Waals surface area contributed by atoms with Crippen LogP contribution in [0.5, 0.6) is 5.88 Å². The summed E-state index contributed by atoms with van der Waals surface area (Å²) in [6, 6.07) is 9.19. The average molecular weight is 530 g/mol. The van der Waals surface area contributed by atoms with Gasteiger partial charge in [0.1, 0.15) is 12.7 Å². The summed E-state index contributed by atoms with van der Waals surface area (Å²) in [6.45, 7) is 2.58. The third-order valence-corrected chi connectivity index (χ3v) is 6.56. The third kappa shape index (κ3) is 5.09. The lowest BCUT2D eigenvalue weighted by Crippen LogP contribution is -2.48. The number of benzene rings is 1. The molecule has 2 aliphatic rings. The van der Waals surface area contributed by atoms with Gasteiger partial charge in [-0.1, -0.05) is 12.1 Å². The molecule has 0 aliphatic carbocycles. The predicted octanol–water partition coefficient (Wildman–Crippen LogP) is 3.83. The summed E-state index contributed by atoms with van der Waals surface area (Å²) < 4.78 is 45.4. The second-order valence-electron chi connectivity index (χ2n) is 9.29. The number of carbonyl (C=O) groups excluding carboxylic acids is 1. The molecule has 38 heavy (non-hydrogen) atoms. The van der Waals surface area contributed by atoms with Gasteiger partial charge in [0.2, 0.25) is 5.88 Å². The van der Waals surface area contributed by atoms with Gasteiger partial charge in [0.25, 0.3) is 0 Å². The first-order valence-corrected chi connectivity index (χ1v) is 12.1. The summed E-state index contributed by atoms with van der Waals surface area (Å²) in [7, 11) is 0. The van der Waals surface area contributed by atoms with E-state index in [0.29, 0.717) is 35.7 Å². The van der Waals surface area contributed by atoms with Crippen molar-refractivity contribution in [3.8, 4) is 17.1 Å². The van der Waals surface area contributed by atoms with Crippen molar-refractivity contribution in [2.75, 3.05) is 41.4 Å². The van der Waals surface area contributed by atoms with Crippen molar-refractivity contribution in [2.24, 2.45) is 0 Å². The Morgan fingerprint density at radius 3 is 2.84 bits per heavy atom. The highest BCUT2D eigenvalue weighted by atomic mass is 19.4. The summed E-state index contributed by atoms with van der Waals surface area (Å²) in [4.78, 5) is 26.0. The molecule has 2 amide bonds. The number of hydrogen-bond acceptors (Lipinski definition) is 7. The van der Waals surface area contributed by atoms with E-state index < -0.39 is 30.5 Å². The Hall–Kier alpha value is -3.90. The van der Waals surface area contributed by atoms with Crippen LogP contribution in [0.1, 0.15) is 17.5 Å². The molecule has 1 aromatic carbocycles. The molecule has 0 radical (unpaired) electrons. The van der Waals surface area contributed by atoms with Gasteiger partial charge in [-0.3, -0.25) is 4.90 Å². The van der Waals surface area contributed by atoms with E-state index in [9.17, 15) is 23.1 Å². The molecule has 1 saturated heterocycles. The number of urea groups is 1. The fraction of sp³-hybridized carbons (Fsp3) is 0.346. The highest BCUT2D eigenvalue weighted by molar-refractivity contribution is 6.05. The van der Waals surface area contributed by atoms with Gasteiger partial charge in [-0.2, -0.15) is 13.2 Å². The van der Waals surface area contributed by atoms with Crippen LogP contribution in [0.3, 0.4) is 0 Å². The van der Waals surface area contributed by atoms with Gasteiger partial charge in [-0.15, -0.1) is 0 Å². The third-order valence-electron chi connectivity index (χ3n) is 6.56. The van der Waals surface area contributed by atoms with Crippen molar-refractivity contribution in [1.82, 2.24) is 9.97 Å². The van der Waals surface area contributed by atoms with E-state index in [2.05, 4.69) is 15.2 Å². The van der Waals surface area contributed by atoms with E-state index in [1.54, 1.807) is 23.1 Å². The maximum atomic E-state index is 13.6. The van der Waals surface area contributed by atoms with Crippen LogP contribution in [0, 0.1) is 6.92 Å². The predicted molar refractivity (Wildman–Crippen MR) is 134 cm³/mol. The van der Waals surface area contributed by atoms with Crippen LogP contribution in [0.25, 0.3) is 11.3 Å². The Bertz CT molecular complexity index is 1350. The van der Waals surface area contributed by atoms with Gasteiger partial charge >= 0.3 is 12.2 Å². The standard InChI is InChI=1S/C26H26F3N5O4/c1-15-9-21(16-3-2-4-17(10-16)26(27,28)29)32-24-23(15)33-8-6-19(12-33)34(24)25(37)31-18-5-7-30-22(11-18)38-14-20(36)13-35/h2-5,7,9-11,19-20,35-36H,6,8,12-14H2,1H3,(H,30,31,37)/t19?,20-/m0/s1. The van der Waals surface area contributed by atoms with Crippen molar-refractivity contribution in [1.29, 1.82) is 0 Å². The molecule has 5 rings (SSSR count). The molecule has 3 N–H and O–H groups in total. The minimum Gasteiger partial charge on any atom is -0.475 e. The van der Waals surface area contributed by atoms with Gasteiger partial charge in [0, 0.05) is 36.6 Å².